The first-order valence-corrected chi connectivity index (χ1v) is 11.5. The first-order valence-electron chi connectivity index (χ1n) is 10.6. The summed E-state index contributed by atoms with van der Waals surface area (Å²) < 4.78 is 46.4. The molecule has 0 aliphatic carbocycles. The Morgan fingerprint density at radius 3 is 2.35 bits per heavy atom. The summed E-state index contributed by atoms with van der Waals surface area (Å²) in [6.07, 6.45) is -4.50. The molecule has 0 radical (unpaired) electrons. The van der Waals surface area contributed by atoms with Gasteiger partial charge in [-0.05, 0) is 61.7 Å². The van der Waals surface area contributed by atoms with Crippen LogP contribution in [-0.4, -0.2) is 26.1 Å². The van der Waals surface area contributed by atoms with Gasteiger partial charge in [0.15, 0.2) is 0 Å². The van der Waals surface area contributed by atoms with Crippen molar-refractivity contribution in [2.45, 2.75) is 24.9 Å². The van der Waals surface area contributed by atoms with Gasteiger partial charge in [0.05, 0.1) is 17.6 Å². The van der Waals surface area contributed by atoms with E-state index in [0.29, 0.717) is 41.3 Å². The maximum Gasteiger partial charge on any atom is 0.417 e. The highest BCUT2D eigenvalue weighted by molar-refractivity contribution is 7.97. The minimum absolute atomic E-state index is 0.0727. The molecule has 0 aliphatic heterocycles. The van der Waals surface area contributed by atoms with Crippen LogP contribution in [0.3, 0.4) is 0 Å². The SMILES string of the molecule is CCN(CC)c1cc(C(=O)Nc2ccc(SN)c(OC)c2)ccc1-c1ccccc1C(F)(F)F. The molecule has 3 rings (SSSR count). The molecule has 5 nitrogen and oxygen atoms in total. The summed E-state index contributed by atoms with van der Waals surface area (Å²) in [5, 5.41) is 8.43. The van der Waals surface area contributed by atoms with Crippen molar-refractivity contribution < 1.29 is 22.7 Å². The molecular weight excluding hydrogens is 463 g/mol. The molecule has 3 aromatic carbocycles. The highest BCUT2D eigenvalue weighted by Crippen LogP contribution is 2.41. The Labute approximate surface area is 201 Å². The summed E-state index contributed by atoms with van der Waals surface area (Å²) >= 11 is 1.03. The maximum absolute atomic E-state index is 13.7. The lowest BCUT2D eigenvalue weighted by Crippen LogP contribution is -2.23. The zero-order valence-electron chi connectivity index (χ0n) is 19.1. The van der Waals surface area contributed by atoms with Gasteiger partial charge in [0.1, 0.15) is 5.75 Å². The van der Waals surface area contributed by atoms with Crippen LogP contribution in [0.1, 0.15) is 29.8 Å². The van der Waals surface area contributed by atoms with Crippen LogP contribution in [-0.2, 0) is 6.18 Å². The van der Waals surface area contributed by atoms with E-state index in [0.717, 1.165) is 22.9 Å². The third-order valence-corrected chi connectivity index (χ3v) is 6.03. The number of benzene rings is 3. The quantitative estimate of drug-likeness (QED) is 0.356. The maximum atomic E-state index is 13.7. The average molecular weight is 490 g/mol. The molecule has 0 aliphatic rings. The smallest absolute Gasteiger partial charge is 0.417 e. The van der Waals surface area contributed by atoms with E-state index in [9.17, 15) is 18.0 Å². The highest BCUT2D eigenvalue weighted by atomic mass is 32.2. The number of hydrogen-bond donors (Lipinski definition) is 2. The Morgan fingerprint density at radius 2 is 1.74 bits per heavy atom. The summed E-state index contributed by atoms with van der Waals surface area (Å²) in [6.45, 7) is 4.97. The normalized spacial score (nSPS) is 11.3. The summed E-state index contributed by atoms with van der Waals surface area (Å²) in [5.74, 6) is 0.132. The molecule has 0 bridgehead atoms. The molecule has 0 aromatic heterocycles. The van der Waals surface area contributed by atoms with Crippen molar-refractivity contribution in [2.75, 3.05) is 30.4 Å². The number of carbonyl (C=O) groups excluding carboxylic acids is 1. The molecule has 0 heterocycles. The summed E-state index contributed by atoms with van der Waals surface area (Å²) in [7, 11) is 1.51. The molecule has 9 heteroatoms. The number of hydrogen-bond acceptors (Lipinski definition) is 5. The Bertz CT molecular complexity index is 1160. The van der Waals surface area contributed by atoms with Gasteiger partial charge in [-0.3, -0.25) is 9.93 Å². The van der Waals surface area contributed by atoms with Gasteiger partial charge in [-0.15, -0.1) is 0 Å². The second-order valence-electron chi connectivity index (χ2n) is 7.39. The van der Waals surface area contributed by atoms with Crippen molar-refractivity contribution in [3.63, 3.8) is 0 Å². The largest absolute Gasteiger partial charge is 0.495 e. The molecule has 34 heavy (non-hydrogen) atoms. The number of amides is 1. The first kappa shape index (κ1) is 25.5. The molecule has 0 fully saturated rings. The van der Waals surface area contributed by atoms with Crippen LogP contribution in [0.4, 0.5) is 24.5 Å². The number of anilines is 2. The molecule has 1 amide bonds. The number of nitrogens with two attached hydrogens (primary N) is 1. The van der Waals surface area contributed by atoms with Gasteiger partial charge in [-0.2, -0.15) is 13.2 Å². The van der Waals surface area contributed by atoms with E-state index < -0.39 is 11.7 Å². The van der Waals surface area contributed by atoms with Gasteiger partial charge in [0, 0.05) is 41.7 Å². The number of nitrogens with one attached hydrogen (secondary N) is 1. The standard InChI is InChI=1S/C25H26F3N3O2S/c1-4-31(5-2)21-14-16(24(32)30-17-11-13-23(34-29)22(15-17)33-3)10-12-19(21)18-8-6-7-9-20(18)25(26,27)28/h6-15H,4-5,29H2,1-3H3,(H,30,32). The van der Waals surface area contributed by atoms with E-state index in [-0.39, 0.29) is 11.5 Å². The highest BCUT2D eigenvalue weighted by Gasteiger charge is 2.34. The number of methoxy groups -OCH3 is 1. The minimum Gasteiger partial charge on any atom is -0.495 e. The Balaban J connectivity index is 2.04. The third kappa shape index (κ3) is 5.48. The molecular formula is C25H26F3N3O2S. The van der Waals surface area contributed by atoms with E-state index in [1.54, 1.807) is 36.4 Å². The molecule has 0 saturated carbocycles. The molecule has 0 unspecified atom stereocenters. The van der Waals surface area contributed by atoms with Gasteiger partial charge in [0.2, 0.25) is 0 Å². The fourth-order valence-corrected chi connectivity index (χ4v) is 4.14. The van der Waals surface area contributed by atoms with Crippen molar-refractivity contribution in [2.24, 2.45) is 5.14 Å². The fourth-order valence-electron chi connectivity index (χ4n) is 3.74. The predicted octanol–water partition coefficient (Wildman–Crippen LogP) is 6.45. The van der Waals surface area contributed by atoms with Gasteiger partial charge < -0.3 is 15.0 Å². The van der Waals surface area contributed by atoms with Crippen LogP contribution >= 0.6 is 11.9 Å². The van der Waals surface area contributed by atoms with Crippen molar-refractivity contribution in [1.82, 2.24) is 0 Å². The lowest BCUT2D eigenvalue weighted by Gasteiger charge is -2.26. The first-order chi connectivity index (χ1) is 16.2. The molecule has 3 aromatic rings. The van der Waals surface area contributed by atoms with Crippen molar-refractivity contribution >= 4 is 29.2 Å². The molecule has 0 atom stereocenters. The topological polar surface area (TPSA) is 67.6 Å². The number of halogens is 3. The summed E-state index contributed by atoms with van der Waals surface area (Å²) in [4.78, 5) is 15.7. The fraction of sp³-hybridized carbons (Fsp3) is 0.240. The second-order valence-corrected chi connectivity index (χ2v) is 8.06. The second kappa shape index (κ2) is 10.8. The van der Waals surface area contributed by atoms with Gasteiger partial charge in [-0.1, -0.05) is 24.3 Å². The Hall–Kier alpha value is -3.17. The van der Waals surface area contributed by atoms with Crippen LogP contribution in [0.15, 0.2) is 65.6 Å². The summed E-state index contributed by atoms with van der Waals surface area (Å²) in [6, 6.07) is 15.3. The van der Waals surface area contributed by atoms with Crippen LogP contribution in [0.5, 0.6) is 5.75 Å². The number of carbonyl (C=O) groups is 1. The van der Waals surface area contributed by atoms with E-state index in [1.807, 2.05) is 18.7 Å². The zero-order valence-corrected chi connectivity index (χ0v) is 19.9. The van der Waals surface area contributed by atoms with Gasteiger partial charge in [-0.25, -0.2) is 0 Å². The van der Waals surface area contributed by atoms with E-state index in [2.05, 4.69) is 5.32 Å². The zero-order chi connectivity index (χ0) is 24.9. The third-order valence-electron chi connectivity index (χ3n) is 5.44. The Kier molecular flexibility index (Phi) is 8.11. The Morgan fingerprint density at radius 1 is 1.03 bits per heavy atom. The van der Waals surface area contributed by atoms with Crippen molar-refractivity contribution in [3.8, 4) is 16.9 Å². The molecule has 0 saturated heterocycles. The van der Waals surface area contributed by atoms with Gasteiger partial charge in [0.25, 0.3) is 5.91 Å². The number of ether oxygens (including phenoxy) is 1. The monoisotopic (exact) mass is 489 g/mol. The average Bonchev–Trinajstić information content (AvgIpc) is 2.84. The lowest BCUT2D eigenvalue weighted by atomic mass is 9.95. The van der Waals surface area contributed by atoms with E-state index >= 15 is 0 Å². The van der Waals surface area contributed by atoms with Crippen molar-refractivity contribution in [1.29, 1.82) is 0 Å². The van der Waals surface area contributed by atoms with Crippen LogP contribution in [0.25, 0.3) is 11.1 Å². The number of alkyl halides is 3. The van der Waals surface area contributed by atoms with Crippen LogP contribution in [0, 0.1) is 0 Å². The number of rotatable bonds is 8. The van der Waals surface area contributed by atoms with Crippen LogP contribution < -0.4 is 20.1 Å². The predicted molar refractivity (Wildman–Crippen MR) is 131 cm³/mol. The van der Waals surface area contributed by atoms with Gasteiger partial charge >= 0.3 is 6.18 Å². The van der Waals surface area contributed by atoms with Crippen molar-refractivity contribution in [3.05, 3.63) is 71.8 Å². The molecule has 180 valence electrons. The lowest BCUT2D eigenvalue weighted by molar-refractivity contribution is -0.137. The van der Waals surface area contributed by atoms with E-state index in [4.69, 9.17) is 9.88 Å². The molecule has 3 N–H and O–H groups in total. The van der Waals surface area contributed by atoms with E-state index in [1.165, 1.54) is 25.3 Å². The number of nitrogens with zero attached hydrogens (tertiary/aromatic N) is 1. The van der Waals surface area contributed by atoms with Crippen LogP contribution in [0.2, 0.25) is 0 Å². The molecule has 0 spiro atoms. The minimum atomic E-state index is -4.50. The summed E-state index contributed by atoms with van der Waals surface area (Å²) in [5.41, 5.74) is 1.16.